The second kappa shape index (κ2) is 10.6. The zero-order chi connectivity index (χ0) is 23.2. The number of nitrogens with zero attached hydrogens (tertiary/aromatic N) is 2. The van der Waals surface area contributed by atoms with Crippen molar-refractivity contribution >= 4 is 29.4 Å². The second-order valence-corrected chi connectivity index (χ2v) is 8.77. The van der Waals surface area contributed by atoms with Crippen molar-refractivity contribution in [3.63, 3.8) is 0 Å². The smallest absolute Gasteiger partial charge is 0.302 e. The summed E-state index contributed by atoms with van der Waals surface area (Å²) in [5.41, 5.74) is 1.16. The number of hydrogen-bond donors (Lipinski definition) is 1. The van der Waals surface area contributed by atoms with Crippen LogP contribution in [0.25, 0.3) is 0 Å². The van der Waals surface area contributed by atoms with Gasteiger partial charge in [-0.15, -0.1) is 0 Å². The Labute approximate surface area is 194 Å². The molecule has 0 radical (unpaired) electrons. The molecule has 10 nitrogen and oxygen atoms in total. The van der Waals surface area contributed by atoms with Gasteiger partial charge in [0.05, 0.1) is 5.69 Å². The van der Waals surface area contributed by atoms with Crippen molar-refractivity contribution in [3.8, 4) is 11.5 Å². The van der Waals surface area contributed by atoms with E-state index in [0.717, 1.165) is 5.69 Å². The van der Waals surface area contributed by atoms with Crippen molar-refractivity contribution < 1.29 is 33.3 Å². The SMILES string of the molecule is CC(=O)OC[C@H]1O[C@@H](NC(=O)c2ccc3c(c2)OCO3)C(=O)CC1SCCc1cnccn1. The van der Waals surface area contributed by atoms with Gasteiger partial charge in [-0.05, 0) is 24.0 Å². The number of carbonyl (C=O) groups is 3. The van der Waals surface area contributed by atoms with Crippen molar-refractivity contribution in [1.29, 1.82) is 0 Å². The van der Waals surface area contributed by atoms with Gasteiger partial charge in [-0.3, -0.25) is 24.4 Å². The molecule has 1 amide bonds. The van der Waals surface area contributed by atoms with Crippen molar-refractivity contribution in [2.45, 2.75) is 37.3 Å². The minimum Gasteiger partial charge on any atom is -0.463 e. The number of amides is 1. The molecule has 3 atom stereocenters. The topological polar surface area (TPSA) is 126 Å². The fourth-order valence-corrected chi connectivity index (χ4v) is 4.69. The quantitative estimate of drug-likeness (QED) is 0.564. The second-order valence-electron chi connectivity index (χ2n) is 7.43. The average Bonchev–Trinajstić information content (AvgIpc) is 3.28. The maximum absolute atomic E-state index is 12.7. The van der Waals surface area contributed by atoms with E-state index in [4.69, 9.17) is 18.9 Å². The Balaban J connectivity index is 1.37. The van der Waals surface area contributed by atoms with Crippen LogP contribution in [0.5, 0.6) is 11.5 Å². The zero-order valence-electron chi connectivity index (χ0n) is 17.9. The van der Waals surface area contributed by atoms with E-state index in [1.165, 1.54) is 18.7 Å². The Morgan fingerprint density at radius 2 is 2.09 bits per heavy atom. The van der Waals surface area contributed by atoms with Gasteiger partial charge in [0.1, 0.15) is 12.7 Å². The lowest BCUT2D eigenvalue weighted by Crippen LogP contribution is -2.53. The molecule has 1 unspecified atom stereocenters. The van der Waals surface area contributed by atoms with Crippen LogP contribution in [0.2, 0.25) is 0 Å². The van der Waals surface area contributed by atoms with Crippen LogP contribution in [0, 0.1) is 0 Å². The minimum absolute atomic E-state index is 0.0121. The van der Waals surface area contributed by atoms with Crippen LogP contribution in [0.15, 0.2) is 36.8 Å². The highest BCUT2D eigenvalue weighted by molar-refractivity contribution is 8.00. The number of fused-ring (bicyclic) bond motifs is 1. The summed E-state index contributed by atoms with van der Waals surface area (Å²) in [6.45, 7) is 1.39. The Hall–Kier alpha value is -3.18. The Morgan fingerprint density at radius 1 is 1.24 bits per heavy atom. The molecule has 1 saturated heterocycles. The molecule has 11 heteroatoms. The van der Waals surface area contributed by atoms with E-state index in [0.29, 0.717) is 29.2 Å². The predicted octanol–water partition coefficient (Wildman–Crippen LogP) is 1.53. The summed E-state index contributed by atoms with van der Waals surface area (Å²) in [7, 11) is 0. The molecule has 174 valence electrons. The molecule has 2 aliphatic rings. The minimum atomic E-state index is -1.14. The monoisotopic (exact) mass is 473 g/mol. The highest BCUT2D eigenvalue weighted by atomic mass is 32.2. The summed E-state index contributed by atoms with van der Waals surface area (Å²) in [5.74, 6) is 0.530. The van der Waals surface area contributed by atoms with E-state index in [1.807, 2.05) is 0 Å². The first-order valence-corrected chi connectivity index (χ1v) is 11.4. The molecule has 0 bridgehead atoms. The maximum atomic E-state index is 12.7. The number of ketones is 1. The van der Waals surface area contributed by atoms with Gasteiger partial charge in [-0.2, -0.15) is 11.8 Å². The van der Waals surface area contributed by atoms with Gasteiger partial charge >= 0.3 is 5.97 Å². The van der Waals surface area contributed by atoms with Crippen LogP contribution < -0.4 is 14.8 Å². The van der Waals surface area contributed by atoms with E-state index < -0.39 is 24.2 Å². The highest BCUT2D eigenvalue weighted by Crippen LogP contribution is 2.33. The van der Waals surface area contributed by atoms with E-state index in [-0.39, 0.29) is 30.9 Å². The number of rotatable bonds is 8. The van der Waals surface area contributed by atoms with E-state index in [2.05, 4.69) is 15.3 Å². The van der Waals surface area contributed by atoms with Gasteiger partial charge in [-0.1, -0.05) is 0 Å². The Bertz CT molecular complexity index is 1020. The van der Waals surface area contributed by atoms with Crippen molar-refractivity contribution in [2.75, 3.05) is 19.2 Å². The van der Waals surface area contributed by atoms with Crippen LogP contribution in [0.3, 0.4) is 0 Å². The number of Topliss-reactive ketones (excluding diaryl/α,β-unsaturated/α-hetero) is 1. The number of benzene rings is 1. The lowest BCUT2D eigenvalue weighted by atomic mass is 10.1. The number of thioether (sulfide) groups is 1. The van der Waals surface area contributed by atoms with Gasteiger partial charge in [0.15, 0.2) is 23.5 Å². The summed E-state index contributed by atoms with van der Waals surface area (Å²) >= 11 is 1.54. The molecule has 0 spiro atoms. The predicted molar refractivity (Wildman–Crippen MR) is 117 cm³/mol. The van der Waals surface area contributed by atoms with Gasteiger partial charge in [0, 0.05) is 49.2 Å². The van der Waals surface area contributed by atoms with Crippen LogP contribution in [0.1, 0.15) is 29.4 Å². The normalized spacial score (nSPS) is 21.5. The molecule has 33 heavy (non-hydrogen) atoms. The Morgan fingerprint density at radius 3 is 2.88 bits per heavy atom. The standard InChI is InChI=1S/C22H23N3O7S/c1-13(26)29-11-19-20(33-7-4-15-10-23-5-6-24-15)9-16(27)22(32-19)25-21(28)14-2-3-17-18(8-14)31-12-30-17/h2-3,5-6,8,10,19-20,22H,4,7,9,11-12H2,1H3,(H,25,28)/t19-,20?,22-/m1/s1. The molecule has 1 aromatic heterocycles. The third-order valence-corrected chi connectivity index (χ3v) is 6.41. The summed E-state index contributed by atoms with van der Waals surface area (Å²) in [6.07, 6.45) is 4.08. The highest BCUT2D eigenvalue weighted by Gasteiger charge is 2.38. The molecule has 0 aliphatic carbocycles. The number of aromatic nitrogens is 2. The van der Waals surface area contributed by atoms with Crippen molar-refractivity contribution in [3.05, 3.63) is 48.0 Å². The van der Waals surface area contributed by atoms with Gasteiger partial charge < -0.3 is 24.3 Å². The average molecular weight is 474 g/mol. The first-order chi connectivity index (χ1) is 16.0. The molecule has 2 aliphatic heterocycles. The number of hydrogen-bond acceptors (Lipinski definition) is 10. The lowest BCUT2D eigenvalue weighted by molar-refractivity contribution is -0.156. The lowest BCUT2D eigenvalue weighted by Gasteiger charge is -2.35. The van der Waals surface area contributed by atoms with E-state index >= 15 is 0 Å². The number of nitrogens with one attached hydrogen (secondary N) is 1. The van der Waals surface area contributed by atoms with E-state index in [9.17, 15) is 14.4 Å². The number of esters is 1. The number of carbonyl (C=O) groups excluding carboxylic acids is 3. The molecule has 1 fully saturated rings. The first-order valence-electron chi connectivity index (χ1n) is 10.4. The largest absolute Gasteiger partial charge is 0.463 e. The van der Waals surface area contributed by atoms with Crippen LogP contribution in [-0.4, -0.2) is 64.4 Å². The molecular formula is C22H23N3O7S. The van der Waals surface area contributed by atoms with Gasteiger partial charge in [-0.25, -0.2) is 0 Å². The molecule has 1 N–H and O–H groups in total. The first kappa shape index (κ1) is 23.0. The summed E-state index contributed by atoms with van der Waals surface area (Å²) in [5, 5.41) is 2.39. The van der Waals surface area contributed by atoms with Crippen molar-refractivity contribution in [1.82, 2.24) is 15.3 Å². The van der Waals surface area contributed by atoms with Crippen LogP contribution in [0.4, 0.5) is 0 Å². The van der Waals surface area contributed by atoms with Gasteiger partial charge in [0.25, 0.3) is 5.91 Å². The molecule has 4 rings (SSSR count). The number of ether oxygens (including phenoxy) is 4. The van der Waals surface area contributed by atoms with Crippen molar-refractivity contribution in [2.24, 2.45) is 0 Å². The van der Waals surface area contributed by atoms with Crippen LogP contribution in [-0.2, 0) is 25.5 Å². The fourth-order valence-electron chi connectivity index (χ4n) is 3.42. The summed E-state index contributed by atoms with van der Waals surface area (Å²) in [4.78, 5) is 45.1. The molecule has 1 aromatic carbocycles. The van der Waals surface area contributed by atoms with E-state index in [1.54, 1.807) is 36.8 Å². The summed E-state index contributed by atoms with van der Waals surface area (Å²) in [6, 6.07) is 4.76. The zero-order valence-corrected chi connectivity index (χ0v) is 18.7. The molecular weight excluding hydrogens is 450 g/mol. The summed E-state index contributed by atoms with van der Waals surface area (Å²) < 4.78 is 21.6. The third-order valence-electron chi connectivity index (χ3n) is 5.07. The molecule has 3 heterocycles. The molecule has 2 aromatic rings. The Kier molecular flexibility index (Phi) is 7.40. The fraction of sp³-hybridized carbons (Fsp3) is 0.409. The van der Waals surface area contributed by atoms with Crippen LogP contribution >= 0.6 is 11.8 Å². The van der Waals surface area contributed by atoms with Gasteiger partial charge in [0.2, 0.25) is 6.79 Å². The molecule has 0 saturated carbocycles. The third kappa shape index (κ3) is 5.99. The maximum Gasteiger partial charge on any atom is 0.302 e. The number of aryl methyl sites for hydroxylation is 1.